The molecule has 0 unspecified atom stereocenters. The molecule has 1 fully saturated rings. The standard InChI is InChI=1S/C32H36N4O4/c1-20-30(23-10-6-7-11-25(23)34-20)31-24(32(31,2)3)16-29(38)36(18-21-9-8-14-33-17-21)19-28(37)35-26-13-12-22(39-4)15-27(26)40-5/h6-15,17,24,31,34H,16,18-19H2,1-5H3,(H,35,37)/t24-,31-/m1/s1. The molecule has 0 spiro atoms. The van der Waals surface area contributed by atoms with Crippen molar-refractivity contribution in [3.05, 3.63) is 83.8 Å². The number of para-hydroxylation sites is 1. The number of carbonyl (C=O) groups is 2. The molecule has 0 saturated heterocycles. The number of aryl methyl sites for hydroxylation is 1. The molecule has 2 amide bonds. The fourth-order valence-corrected chi connectivity index (χ4v) is 5.92. The van der Waals surface area contributed by atoms with Gasteiger partial charge in [0.2, 0.25) is 11.8 Å². The summed E-state index contributed by atoms with van der Waals surface area (Å²) in [6.45, 7) is 6.77. The van der Waals surface area contributed by atoms with Gasteiger partial charge in [-0.15, -0.1) is 0 Å². The van der Waals surface area contributed by atoms with E-state index in [2.05, 4.69) is 54.3 Å². The van der Waals surface area contributed by atoms with Crippen molar-refractivity contribution in [3.63, 3.8) is 0 Å². The third kappa shape index (κ3) is 5.39. The Morgan fingerprint density at radius 1 is 1.07 bits per heavy atom. The number of carbonyl (C=O) groups excluding carboxylic acids is 2. The first-order valence-corrected chi connectivity index (χ1v) is 13.5. The van der Waals surface area contributed by atoms with Crippen LogP contribution in [0, 0.1) is 18.3 Å². The van der Waals surface area contributed by atoms with Gasteiger partial charge in [0.15, 0.2) is 0 Å². The van der Waals surface area contributed by atoms with Gasteiger partial charge in [-0.1, -0.05) is 38.1 Å². The fourth-order valence-electron chi connectivity index (χ4n) is 5.92. The highest BCUT2D eigenvalue weighted by Crippen LogP contribution is 2.67. The van der Waals surface area contributed by atoms with Crippen molar-refractivity contribution in [2.24, 2.45) is 11.3 Å². The molecule has 1 aliphatic rings. The Bertz CT molecular complexity index is 1530. The van der Waals surface area contributed by atoms with Gasteiger partial charge in [0, 0.05) is 48.0 Å². The largest absolute Gasteiger partial charge is 0.497 e. The SMILES string of the molecule is COc1ccc(NC(=O)CN(Cc2cccnc2)C(=O)C[C@@H]2[C@H](c3c(C)[nH]c4ccccc34)C2(C)C)c(OC)c1. The molecule has 0 aliphatic heterocycles. The maximum atomic E-state index is 13.8. The molecule has 2 atom stereocenters. The average molecular weight is 541 g/mol. The highest BCUT2D eigenvalue weighted by Gasteiger charge is 2.59. The third-order valence-electron chi connectivity index (χ3n) is 8.17. The number of ether oxygens (including phenoxy) is 2. The van der Waals surface area contributed by atoms with Gasteiger partial charge >= 0.3 is 0 Å². The van der Waals surface area contributed by atoms with Crippen LogP contribution in [0.3, 0.4) is 0 Å². The quantitative estimate of drug-likeness (QED) is 0.270. The van der Waals surface area contributed by atoms with Gasteiger partial charge < -0.3 is 24.7 Å². The van der Waals surface area contributed by atoms with Crippen LogP contribution in [-0.4, -0.2) is 47.4 Å². The van der Waals surface area contributed by atoms with Gasteiger partial charge in [-0.25, -0.2) is 0 Å². The van der Waals surface area contributed by atoms with Crippen molar-refractivity contribution < 1.29 is 19.1 Å². The molecule has 1 aliphatic carbocycles. The lowest BCUT2D eigenvalue weighted by Crippen LogP contribution is -2.38. The van der Waals surface area contributed by atoms with Gasteiger partial charge in [-0.2, -0.15) is 0 Å². The van der Waals surface area contributed by atoms with Crippen LogP contribution in [0.25, 0.3) is 10.9 Å². The third-order valence-corrected chi connectivity index (χ3v) is 8.17. The minimum atomic E-state index is -0.306. The molecular formula is C32H36N4O4. The van der Waals surface area contributed by atoms with Crippen molar-refractivity contribution in [2.75, 3.05) is 26.1 Å². The van der Waals surface area contributed by atoms with E-state index in [9.17, 15) is 9.59 Å². The van der Waals surface area contributed by atoms with E-state index in [0.29, 0.717) is 30.2 Å². The minimum Gasteiger partial charge on any atom is -0.497 e. The summed E-state index contributed by atoms with van der Waals surface area (Å²) in [4.78, 5) is 36.3. The molecule has 40 heavy (non-hydrogen) atoms. The average Bonchev–Trinajstić information content (AvgIpc) is 3.29. The number of aromatic amines is 1. The van der Waals surface area contributed by atoms with E-state index in [0.717, 1.165) is 16.8 Å². The number of nitrogens with one attached hydrogen (secondary N) is 2. The number of benzene rings is 2. The Balaban J connectivity index is 1.34. The summed E-state index contributed by atoms with van der Waals surface area (Å²) in [6, 6.07) is 17.3. The first-order valence-electron chi connectivity index (χ1n) is 13.5. The van der Waals surface area contributed by atoms with E-state index in [1.807, 2.05) is 18.2 Å². The molecule has 0 bridgehead atoms. The van der Waals surface area contributed by atoms with Gasteiger partial charge in [0.05, 0.1) is 19.9 Å². The van der Waals surface area contributed by atoms with Crippen LogP contribution in [0.1, 0.15) is 43.0 Å². The number of rotatable bonds is 10. The number of methoxy groups -OCH3 is 2. The van der Waals surface area contributed by atoms with E-state index in [-0.39, 0.29) is 35.6 Å². The Morgan fingerprint density at radius 3 is 2.60 bits per heavy atom. The number of H-pyrrole nitrogens is 1. The summed E-state index contributed by atoms with van der Waals surface area (Å²) in [5.41, 5.74) is 4.90. The second kappa shape index (κ2) is 11.0. The van der Waals surface area contributed by atoms with Gasteiger partial charge in [-0.3, -0.25) is 14.6 Å². The van der Waals surface area contributed by atoms with E-state index in [1.165, 1.54) is 18.1 Å². The van der Waals surface area contributed by atoms with Crippen LogP contribution in [0.2, 0.25) is 0 Å². The molecule has 2 N–H and O–H groups in total. The Hall–Kier alpha value is -4.33. The smallest absolute Gasteiger partial charge is 0.244 e. The van der Waals surface area contributed by atoms with Crippen LogP contribution >= 0.6 is 0 Å². The van der Waals surface area contributed by atoms with Gasteiger partial charge in [0.25, 0.3) is 0 Å². The minimum absolute atomic E-state index is 0.0376. The molecular weight excluding hydrogens is 504 g/mol. The van der Waals surface area contributed by atoms with Crippen molar-refractivity contribution in [3.8, 4) is 11.5 Å². The number of aromatic nitrogens is 2. The molecule has 8 heteroatoms. The van der Waals surface area contributed by atoms with E-state index in [1.54, 1.807) is 42.6 Å². The number of hydrogen-bond acceptors (Lipinski definition) is 5. The van der Waals surface area contributed by atoms with Crippen molar-refractivity contribution >= 4 is 28.4 Å². The first-order chi connectivity index (χ1) is 19.2. The summed E-state index contributed by atoms with van der Waals surface area (Å²) >= 11 is 0. The molecule has 5 rings (SSSR count). The number of pyridine rings is 1. The fraction of sp³-hybridized carbons (Fsp3) is 0.344. The Labute approximate surface area is 234 Å². The van der Waals surface area contributed by atoms with Gasteiger partial charge in [0.1, 0.15) is 18.0 Å². The lowest BCUT2D eigenvalue weighted by atomic mass is 10.0. The maximum Gasteiger partial charge on any atom is 0.244 e. The molecule has 0 radical (unpaired) electrons. The zero-order chi connectivity index (χ0) is 28.4. The Morgan fingerprint density at radius 2 is 1.88 bits per heavy atom. The normalized spacial score (nSPS) is 17.3. The molecule has 8 nitrogen and oxygen atoms in total. The topological polar surface area (TPSA) is 96.5 Å². The van der Waals surface area contributed by atoms with E-state index < -0.39 is 0 Å². The Kier molecular flexibility index (Phi) is 7.52. The first kappa shape index (κ1) is 27.2. The van der Waals surface area contributed by atoms with E-state index >= 15 is 0 Å². The lowest BCUT2D eigenvalue weighted by molar-refractivity contribution is -0.135. The van der Waals surface area contributed by atoms with Crippen LogP contribution in [0.5, 0.6) is 11.5 Å². The number of amides is 2. The molecule has 208 valence electrons. The highest BCUT2D eigenvalue weighted by atomic mass is 16.5. The zero-order valence-corrected chi connectivity index (χ0v) is 23.7. The summed E-state index contributed by atoms with van der Waals surface area (Å²) in [5, 5.41) is 4.11. The summed E-state index contributed by atoms with van der Waals surface area (Å²) in [7, 11) is 3.10. The molecule has 1 saturated carbocycles. The van der Waals surface area contributed by atoms with Gasteiger partial charge in [-0.05, 0) is 59.6 Å². The number of fused-ring (bicyclic) bond motifs is 1. The van der Waals surface area contributed by atoms with Crippen molar-refractivity contribution in [2.45, 2.75) is 39.7 Å². The predicted octanol–water partition coefficient (Wildman–Crippen LogP) is 5.69. The van der Waals surface area contributed by atoms with Crippen molar-refractivity contribution in [1.82, 2.24) is 14.9 Å². The summed E-state index contributed by atoms with van der Waals surface area (Å²) < 4.78 is 10.7. The van der Waals surface area contributed by atoms with Crippen LogP contribution < -0.4 is 14.8 Å². The van der Waals surface area contributed by atoms with Crippen LogP contribution in [0.15, 0.2) is 67.0 Å². The zero-order valence-electron chi connectivity index (χ0n) is 23.7. The maximum absolute atomic E-state index is 13.8. The number of nitrogens with zero attached hydrogens (tertiary/aromatic N) is 2. The molecule has 2 aromatic heterocycles. The number of anilines is 1. The summed E-state index contributed by atoms with van der Waals surface area (Å²) in [6.07, 6.45) is 3.78. The van der Waals surface area contributed by atoms with Crippen molar-refractivity contribution in [1.29, 1.82) is 0 Å². The summed E-state index contributed by atoms with van der Waals surface area (Å²) in [5.74, 6) is 1.16. The lowest BCUT2D eigenvalue weighted by Gasteiger charge is -2.23. The van der Waals surface area contributed by atoms with Crippen LogP contribution in [0.4, 0.5) is 5.69 Å². The van der Waals surface area contributed by atoms with E-state index in [4.69, 9.17) is 9.47 Å². The number of hydrogen-bond donors (Lipinski definition) is 2. The van der Waals surface area contributed by atoms with Crippen LogP contribution in [-0.2, 0) is 16.1 Å². The second-order valence-electron chi connectivity index (χ2n) is 11.0. The molecule has 2 aromatic carbocycles. The predicted molar refractivity (Wildman–Crippen MR) is 155 cm³/mol. The monoisotopic (exact) mass is 540 g/mol. The molecule has 2 heterocycles. The molecule has 4 aromatic rings. The highest BCUT2D eigenvalue weighted by molar-refractivity contribution is 5.96. The second-order valence-corrected chi connectivity index (χ2v) is 11.0.